The van der Waals surface area contributed by atoms with Crippen LogP contribution in [0.15, 0.2) is 79.5 Å². The van der Waals surface area contributed by atoms with E-state index in [9.17, 15) is 9.90 Å². The Kier molecular flexibility index (Phi) is 5.52. The highest BCUT2D eigenvalue weighted by Crippen LogP contribution is 2.27. The van der Waals surface area contributed by atoms with Crippen LogP contribution in [0.4, 0.5) is 10.5 Å². The quantitative estimate of drug-likeness (QED) is 0.407. The van der Waals surface area contributed by atoms with E-state index >= 15 is 0 Å². The zero-order valence-electron chi connectivity index (χ0n) is 18.6. The molecule has 0 saturated heterocycles. The van der Waals surface area contributed by atoms with Gasteiger partial charge in [0.05, 0.1) is 11.2 Å². The lowest BCUT2D eigenvalue weighted by molar-refractivity contribution is 0.200. The lowest BCUT2D eigenvalue weighted by Gasteiger charge is -2.11. The van der Waals surface area contributed by atoms with E-state index in [4.69, 9.17) is 4.74 Å². The standard InChI is InChI=1S/C25H22N6O3/c1-16-4-3-5-18(12-16)29-25(33)31-10-8-17-13-19(6-7-21(17)31)34-22-14-20(27-15-28-22)23(32)24-26-9-11-30(24)2/h3-15,23,32H,1-2H3,(H,29,33). The Balaban J connectivity index is 1.35. The molecule has 2 aromatic carbocycles. The molecule has 5 rings (SSSR count). The van der Waals surface area contributed by atoms with Crippen LogP contribution in [0, 0.1) is 6.92 Å². The summed E-state index contributed by atoms with van der Waals surface area (Å²) >= 11 is 0. The third kappa shape index (κ3) is 4.24. The van der Waals surface area contributed by atoms with Gasteiger partial charge in [-0.25, -0.2) is 19.7 Å². The number of aryl methyl sites for hydroxylation is 2. The fourth-order valence-corrected chi connectivity index (χ4v) is 3.72. The van der Waals surface area contributed by atoms with Crippen LogP contribution in [0.5, 0.6) is 11.6 Å². The number of carbonyl (C=O) groups excluding carboxylic acids is 1. The largest absolute Gasteiger partial charge is 0.439 e. The van der Waals surface area contributed by atoms with Crippen molar-refractivity contribution >= 4 is 22.6 Å². The van der Waals surface area contributed by atoms with E-state index in [2.05, 4.69) is 20.3 Å². The minimum atomic E-state index is -1.01. The van der Waals surface area contributed by atoms with Crippen molar-refractivity contribution in [2.24, 2.45) is 7.05 Å². The van der Waals surface area contributed by atoms with Gasteiger partial charge in [0.2, 0.25) is 5.88 Å². The first-order chi connectivity index (χ1) is 16.5. The maximum Gasteiger partial charge on any atom is 0.330 e. The summed E-state index contributed by atoms with van der Waals surface area (Å²) in [5.41, 5.74) is 2.92. The molecule has 0 fully saturated rings. The summed E-state index contributed by atoms with van der Waals surface area (Å²) in [5, 5.41) is 14.3. The number of imidazole rings is 1. The van der Waals surface area contributed by atoms with Crippen LogP contribution >= 0.6 is 0 Å². The maximum atomic E-state index is 12.8. The molecule has 9 heteroatoms. The average Bonchev–Trinajstić information content (AvgIpc) is 3.44. The summed E-state index contributed by atoms with van der Waals surface area (Å²) < 4.78 is 9.18. The number of hydrogen-bond acceptors (Lipinski definition) is 6. The Bertz CT molecular complexity index is 1490. The van der Waals surface area contributed by atoms with Gasteiger partial charge in [-0.2, -0.15) is 0 Å². The minimum Gasteiger partial charge on any atom is -0.439 e. The summed E-state index contributed by atoms with van der Waals surface area (Å²) in [6.45, 7) is 1.97. The average molecular weight is 454 g/mol. The molecule has 0 aliphatic carbocycles. The van der Waals surface area contributed by atoms with Crippen LogP contribution in [0.3, 0.4) is 0 Å². The first-order valence-corrected chi connectivity index (χ1v) is 10.6. The summed E-state index contributed by atoms with van der Waals surface area (Å²) in [5.74, 6) is 1.30. The highest BCUT2D eigenvalue weighted by molar-refractivity contribution is 5.98. The van der Waals surface area contributed by atoms with E-state index in [1.165, 1.54) is 6.33 Å². The Morgan fingerprint density at radius 3 is 2.74 bits per heavy atom. The van der Waals surface area contributed by atoms with Gasteiger partial charge in [-0.05, 0) is 48.9 Å². The number of aliphatic hydroxyl groups is 1. The second kappa shape index (κ2) is 8.80. The number of amides is 1. The van der Waals surface area contributed by atoms with Crippen molar-refractivity contribution in [2.75, 3.05) is 5.32 Å². The molecule has 0 radical (unpaired) electrons. The van der Waals surface area contributed by atoms with Crippen molar-refractivity contribution in [3.8, 4) is 11.6 Å². The first kappa shape index (κ1) is 21.4. The predicted molar refractivity (Wildman–Crippen MR) is 127 cm³/mol. The number of nitrogens with one attached hydrogen (secondary N) is 1. The molecule has 0 aliphatic heterocycles. The summed E-state index contributed by atoms with van der Waals surface area (Å²) in [7, 11) is 1.80. The lowest BCUT2D eigenvalue weighted by atomic mass is 10.2. The molecular weight excluding hydrogens is 432 g/mol. The monoisotopic (exact) mass is 454 g/mol. The normalized spacial score (nSPS) is 12.0. The molecule has 0 aliphatic rings. The molecule has 3 heterocycles. The predicted octanol–water partition coefficient (Wildman–Crippen LogP) is 4.43. The van der Waals surface area contributed by atoms with E-state index in [-0.39, 0.29) is 11.9 Å². The van der Waals surface area contributed by atoms with Crippen LogP contribution in [0.2, 0.25) is 0 Å². The van der Waals surface area contributed by atoms with Crippen molar-refractivity contribution in [1.29, 1.82) is 0 Å². The molecule has 1 atom stereocenters. The van der Waals surface area contributed by atoms with Crippen LogP contribution in [-0.2, 0) is 7.05 Å². The fraction of sp³-hybridized carbons (Fsp3) is 0.120. The minimum absolute atomic E-state index is 0.252. The van der Waals surface area contributed by atoms with Gasteiger partial charge >= 0.3 is 6.03 Å². The number of nitrogens with zero attached hydrogens (tertiary/aromatic N) is 5. The van der Waals surface area contributed by atoms with Crippen molar-refractivity contribution in [3.63, 3.8) is 0 Å². The number of benzene rings is 2. The molecule has 9 nitrogen and oxygen atoms in total. The van der Waals surface area contributed by atoms with Gasteiger partial charge in [-0.3, -0.25) is 4.57 Å². The fourth-order valence-electron chi connectivity index (χ4n) is 3.72. The second-order valence-electron chi connectivity index (χ2n) is 7.89. The molecule has 1 unspecified atom stereocenters. The van der Waals surface area contributed by atoms with Gasteiger partial charge in [0.25, 0.3) is 0 Å². The number of anilines is 1. The first-order valence-electron chi connectivity index (χ1n) is 10.6. The smallest absolute Gasteiger partial charge is 0.330 e. The number of aliphatic hydroxyl groups excluding tert-OH is 1. The maximum absolute atomic E-state index is 12.8. The second-order valence-corrected chi connectivity index (χ2v) is 7.89. The highest BCUT2D eigenvalue weighted by Gasteiger charge is 2.18. The van der Waals surface area contributed by atoms with Crippen LogP contribution < -0.4 is 10.1 Å². The van der Waals surface area contributed by atoms with Crippen LogP contribution in [-0.4, -0.2) is 35.2 Å². The van der Waals surface area contributed by atoms with Gasteiger partial charge < -0.3 is 19.7 Å². The Labute approximate surface area is 195 Å². The molecule has 2 N–H and O–H groups in total. The number of aromatic nitrogens is 5. The van der Waals surface area contributed by atoms with E-state index in [0.717, 1.165) is 22.2 Å². The molecule has 1 amide bonds. The highest BCUT2D eigenvalue weighted by atomic mass is 16.5. The SMILES string of the molecule is Cc1cccc(NC(=O)n2ccc3cc(Oc4cc(C(O)c5nccn5C)ncn4)ccc32)c1. The molecule has 3 aromatic heterocycles. The number of fused-ring (bicyclic) bond motifs is 1. The molecular formula is C25H22N6O3. The number of hydrogen-bond donors (Lipinski definition) is 2. The van der Waals surface area contributed by atoms with E-state index in [1.807, 2.05) is 49.4 Å². The Hall–Kier alpha value is -4.50. The number of carbonyl (C=O) groups is 1. The van der Waals surface area contributed by atoms with Crippen molar-refractivity contribution in [2.45, 2.75) is 13.0 Å². The Morgan fingerprint density at radius 1 is 1.06 bits per heavy atom. The molecule has 0 spiro atoms. The van der Waals surface area contributed by atoms with E-state index in [1.54, 1.807) is 46.9 Å². The number of rotatable bonds is 5. The van der Waals surface area contributed by atoms with E-state index in [0.29, 0.717) is 17.3 Å². The van der Waals surface area contributed by atoms with Crippen molar-refractivity contribution in [3.05, 3.63) is 96.6 Å². The third-order valence-corrected chi connectivity index (χ3v) is 5.42. The summed E-state index contributed by atoms with van der Waals surface area (Å²) in [6, 6.07) is 16.2. The van der Waals surface area contributed by atoms with Gasteiger partial charge in [0.15, 0.2) is 6.10 Å². The van der Waals surface area contributed by atoms with Crippen LogP contribution in [0.1, 0.15) is 23.2 Å². The van der Waals surface area contributed by atoms with Gasteiger partial charge in [-0.15, -0.1) is 0 Å². The zero-order valence-corrected chi connectivity index (χ0v) is 18.6. The molecule has 0 saturated carbocycles. The zero-order chi connectivity index (χ0) is 23.7. The molecule has 0 bridgehead atoms. The summed E-state index contributed by atoms with van der Waals surface area (Å²) in [4.78, 5) is 25.2. The molecule has 5 aromatic rings. The Morgan fingerprint density at radius 2 is 1.94 bits per heavy atom. The number of ether oxygens (including phenoxy) is 1. The third-order valence-electron chi connectivity index (χ3n) is 5.42. The van der Waals surface area contributed by atoms with Crippen LogP contribution in [0.25, 0.3) is 10.9 Å². The van der Waals surface area contributed by atoms with Gasteiger partial charge in [0.1, 0.15) is 17.9 Å². The van der Waals surface area contributed by atoms with Crippen molar-refractivity contribution < 1.29 is 14.6 Å². The van der Waals surface area contributed by atoms with Crippen molar-refractivity contribution in [1.82, 2.24) is 24.1 Å². The summed E-state index contributed by atoms with van der Waals surface area (Å²) in [6.07, 6.45) is 5.40. The molecule has 170 valence electrons. The van der Waals surface area contributed by atoms with E-state index < -0.39 is 6.10 Å². The lowest BCUT2D eigenvalue weighted by Crippen LogP contribution is -2.18. The van der Waals surface area contributed by atoms with Gasteiger partial charge in [-0.1, -0.05) is 12.1 Å². The molecule has 34 heavy (non-hydrogen) atoms. The van der Waals surface area contributed by atoms with Gasteiger partial charge in [0, 0.05) is 42.8 Å². The topological polar surface area (TPSA) is 107 Å².